The van der Waals surface area contributed by atoms with Gasteiger partial charge in [-0.25, -0.2) is 0 Å². The Hall–Kier alpha value is -1.31. The predicted molar refractivity (Wildman–Crippen MR) is 46.5 cm³/mol. The Balaban J connectivity index is 2.96. The van der Waals surface area contributed by atoms with Crippen LogP contribution < -0.4 is 0 Å². The van der Waals surface area contributed by atoms with Crippen LogP contribution in [0.15, 0.2) is 41.1 Å². The molecule has 0 aromatic heterocycles. The zero-order valence-corrected chi connectivity index (χ0v) is 6.79. The summed E-state index contributed by atoms with van der Waals surface area (Å²) < 4.78 is 0. The molecule has 0 heterocycles. The predicted octanol–water partition coefficient (Wildman–Crippen LogP) is 2.06. The van der Waals surface area contributed by atoms with Crippen LogP contribution in [0.4, 0.5) is 0 Å². The topological polar surface area (TPSA) is 21.6 Å². The molecule has 0 spiro atoms. The van der Waals surface area contributed by atoms with Gasteiger partial charge in [-0.1, -0.05) is 30.0 Å². The van der Waals surface area contributed by atoms with E-state index < -0.39 is 0 Å². The van der Waals surface area contributed by atoms with Crippen LogP contribution in [-0.4, -0.2) is 12.8 Å². The van der Waals surface area contributed by atoms with Crippen molar-refractivity contribution in [2.75, 3.05) is 7.11 Å². The molecule has 11 heavy (non-hydrogen) atoms. The lowest BCUT2D eigenvalue weighted by Crippen LogP contribution is -2.05. The summed E-state index contributed by atoms with van der Waals surface area (Å²) in [6.07, 6.45) is 5.84. The number of oxime groups is 1. The first-order valence-electron chi connectivity index (χ1n) is 3.41. The van der Waals surface area contributed by atoms with Gasteiger partial charge in [0.1, 0.15) is 12.8 Å². The summed E-state index contributed by atoms with van der Waals surface area (Å²) >= 11 is 0. The minimum atomic E-state index is 0.829. The largest absolute Gasteiger partial charge is 0.399 e. The van der Waals surface area contributed by atoms with Crippen LogP contribution in [-0.2, 0) is 4.84 Å². The van der Waals surface area contributed by atoms with E-state index in [9.17, 15) is 0 Å². The molecule has 0 aromatic rings. The lowest BCUT2D eigenvalue weighted by Gasteiger charge is -2.08. The molecule has 0 aromatic carbocycles. The van der Waals surface area contributed by atoms with Crippen molar-refractivity contribution in [2.24, 2.45) is 5.16 Å². The summed E-state index contributed by atoms with van der Waals surface area (Å²) in [4.78, 5) is 4.67. The molecule has 2 heteroatoms. The fourth-order valence-corrected chi connectivity index (χ4v) is 0.942. The molecule has 1 rings (SSSR count). The van der Waals surface area contributed by atoms with Crippen LogP contribution in [0.5, 0.6) is 0 Å². The van der Waals surface area contributed by atoms with Crippen molar-refractivity contribution < 1.29 is 4.84 Å². The van der Waals surface area contributed by atoms with Crippen molar-refractivity contribution in [2.45, 2.75) is 6.92 Å². The summed E-state index contributed by atoms with van der Waals surface area (Å²) in [5, 5.41) is 3.84. The Kier molecular flexibility index (Phi) is 2.26. The Labute approximate surface area is 66.5 Å². The first-order chi connectivity index (χ1) is 5.25. The zero-order valence-electron chi connectivity index (χ0n) is 6.79. The second-order valence-corrected chi connectivity index (χ2v) is 2.36. The Bertz CT molecular complexity index is 259. The molecule has 0 atom stereocenters. The molecule has 0 N–H and O–H groups in total. The van der Waals surface area contributed by atoms with Crippen LogP contribution in [0.2, 0.25) is 0 Å². The number of hydrogen-bond acceptors (Lipinski definition) is 2. The van der Waals surface area contributed by atoms with Gasteiger partial charge in [-0.05, 0) is 18.1 Å². The van der Waals surface area contributed by atoms with Crippen molar-refractivity contribution in [1.82, 2.24) is 0 Å². The number of hydrogen-bond donors (Lipinski definition) is 0. The average molecular weight is 149 g/mol. The summed E-state index contributed by atoms with van der Waals surface area (Å²) in [6, 6.07) is 0. The number of nitrogens with zero attached hydrogens (tertiary/aromatic N) is 1. The summed E-state index contributed by atoms with van der Waals surface area (Å²) in [5.74, 6) is 0. The third-order valence-corrected chi connectivity index (χ3v) is 1.50. The second-order valence-electron chi connectivity index (χ2n) is 2.36. The number of rotatable bonds is 1. The quantitative estimate of drug-likeness (QED) is 0.523. The SMILES string of the molecule is C=C1C=CC=C(C)/C1=N/OC. The smallest absolute Gasteiger partial charge is 0.112 e. The van der Waals surface area contributed by atoms with E-state index in [1.54, 1.807) is 0 Å². The standard InChI is InChI=1S/C9H11NO/c1-7-5-4-6-8(2)9(7)10-11-3/h4-6H,1H2,2-3H3/b10-9+. The van der Waals surface area contributed by atoms with Gasteiger partial charge in [-0.3, -0.25) is 0 Å². The van der Waals surface area contributed by atoms with Gasteiger partial charge < -0.3 is 4.84 Å². The maximum Gasteiger partial charge on any atom is 0.112 e. The minimum Gasteiger partial charge on any atom is -0.399 e. The minimum absolute atomic E-state index is 0.829. The molecular formula is C9H11NO. The molecule has 0 unspecified atom stereocenters. The van der Waals surface area contributed by atoms with Crippen molar-refractivity contribution in [1.29, 1.82) is 0 Å². The van der Waals surface area contributed by atoms with Gasteiger partial charge >= 0.3 is 0 Å². The molecule has 2 nitrogen and oxygen atoms in total. The van der Waals surface area contributed by atoms with Crippen LogP contribution in [0.25, 0.3) is 0 Å². The maximum absolute atomic E-state index is 4.67. The van der Waals surface area contributed by atoms with Gasteiger partial charge in [0.2, 0.25) is 0 Å². The molecule has 1 aliphatic carbocycles. The van der Waals surface area contributed by atoms with E-state index in [4.69, 9.17) is 0 Å². The highest BCUT2D eigenvalue weighted by atomic mass is 16.6. The van der Waals surface area contributed by atoms with Gasteiger partial charge in [0.15, 0.2) is 0 Å². The zero-order chi connectivity index (χ0) is 8.27. The third-order valence-electron chi connectivity index (χ3n) is 1.50. The summed E-state index contributed by atoms with van der Waals surface area (Å²) in [7, 11) is 1.53. The van der Waals surface area contributed by atoms with Crippen molar-refractivity contribution in [3.63, 3.8) is 0 Å². The average Bonchev–Trinajstić information content (AvgIpc) is 1.97. The van der Waals surface area contributed by atoms with Crippen LogP contribution in [0.1, 0.15) is 6.92 Å². The normalized spacial score (nSPS) is 20.4. The highest BCUT2D eigenvalue weighted by molar-refractivity contribution is 6.14. The van der Waals surface area contributed by atoms with Gasteiger partial charge in [0.05, 0.1) is 0 Å². The van der Waals surface area contributed by atoms with Gasteiger partial charge in [-0.2, -0.15) is 0 Å². The Morgan fingerprint density at radius 3 is 2.82 bits per heavy atom. The van der Waals surface area contributed by atoms with Crippen LogP contribution in [0.3, 0.4) is 0 Å². The van der Waals surface area contributed by atoms with E-state index >= 15 is 0 Å². The van der Waals surface area contributed by atoms with Crippen molar-refractivity contribution in [3.05, 3.63) is 36.0 Å². The first kappa shape index (κ1) is 7.79. The molecule has 0 saturated carbocycles. The van der Waals surface area contributed by atoms with Crippen molar-refractivity contribution in [3.8, 4) is 0 Å². The van der Waals surface area contributed by atoms with E-state index in [2.05, 4.69) is 16.6 Å². The van der Waals surface area contributed by atoms with E-state index in [1.807, 2.05) is 25.2 Å². The fraction of sp³-hybridized carbons (Fsp3) is 0.222. The van der Waals surface area contributed by atoms with Crippen LogP contribution >= 0.6 is 0 Å². The number of allylic oxidation sites excluding steroid dienone is 5. The molecule has 0 bridgehead atoms. The highest BCUT2D eigenvalue weighted by Crippen LogP contribution is 2.12. The molecule has 0 fully saturated rings. The summed E-state index contributed by atoms with van der Waals surface area (Å²) in [5.41, 5.74) is 2.81. The molecule has 1 aliphatic rings. The van der Waals surface area contributed by atoms with E-state index in [1.165, 1.54) is 7.11 Å². The Morgan fingerprint density at radius 1 is 1.55 bits per heavy atom. The van der Waals surface area contributed by atoms with Gasteiger partial charge in [0.25, 0.3) is 0 Å². The van der Waals surface area contributed by atoms with Gasteiger partial charge in [-0.15, -0.1) is 0 Å². The highest BCUT2D eigenvalue weighted by Gasteiger charge is 2.07. The molecule has 0 radical (unpaired) electrons. The van der Waals surface area contributed by atoms with E-state index in [0.717, 1.165) is 16.9 Å². The van der Waals surface area contributed by atoms with E-state index in [0.29, 0.717) is 0 Å². The lowest BCUT2D eigenvalue weighted by atomic mass is 10.0. The first-order valence-corrected chi connectivity index (χ1v) is 3.41. The summed E-state index contributed by atoms with van der Waals surface area (Å²) in [6.45, 7) is 5.80. The lowest BCUT2D eigenvalue weighted by molar-refractivity contribution is 0.214. The van der Waals surface area contributed by atoms with E-state index in [-0.39, 0.29) is 0 Å². The Morgan fingerprint density at radius 2 is 2.27 bits per heavy atom. The maximum atomic E-state index is 4.67. The molecule has 0 aliphatic heterocycles. The monoisotopic (exact) mass is 149 g/mol. The van der Waals surface area contributed by atoms with Crippen molar-refractivity contribution >= 4 is 5.71 Å². The molecule has 0 amide bonds. The molecule has 58 valence electrons. The third kappa shape index (κ3) is 1.58. The van der Waals surface area contributed by atoms with Gasteiger partial charge in [0, 0.05) is 0 Å². The van der Waals surface area contributed by atoms with Crippen LogP contribution in [0, 0.1) is 0 Å². The second kappa shape index (κ2) is 3.19. The fourth-order valence-electron chi connectivity index (χ4n) is 0.942. The molecule has 0 saturated heterocycles. The molecular weight excluding hydrogens is 138 g/mol.